The fourth-order valence-corrected chi connectivity index (χ4v) is 3.50. The van der Waals surface area contributed by atoms with Crippen LogP contribution in [0.1, 0.15) is 30.1 Å². The standard InChI is InChI=1S/C21H22N6O2/c1-15(28)16-5-2-7-18(11-16)25-21(29)17-6-3-9-26(13-17)19-12-20(23-14-22-19)27-10-4-8-24-27/h2,4-5,7-8,10-12,14,17H,3,6,9,13H2,1H3,(H,25,29)/t17-/m0/s1. The number of hydrogen-bond acceptors (Lipinski definition) is 6. The van der Waals surface area contributed by atoms with Crippen molar-refractivity contribution in [2.24, 2.45) is 5.92 Å². The van der Waals surface area contributed by atoms with Crippen molar-refractivity contribution in [2.45, 2.75) is 19.8 Å². The summed E-state index contributed by atoms with van der Waals surface area (Å²) in [7, 11) is 0. The van der Waals surface area contributed by atoms with Crippen LogP contribution in [0.25, 0.3) is 5.82 Å². The highest BCUT2D eigenvalue weighted by Gasteiger charge is 2.27. The fourth-order valence-electron chi connectivity index (χ4n) is 3.50. The zero-order valence-electron chi connectivity index (χ0n) is 16.2. The van der Waals surface area contributed by atoms with E-state index in [1.165, 1.54) is 13.3 Å². The molecule has 8 nitrogen and oxygen atoms in total. The molecular formula is C21H22N6O2. The van der Waals surface area contributed by atoms with Crippen LogP contribution in [0.5, 0.6) is 0 Å². The number of aromatic nitrogens is 4. The van der Waals surface area contributed by atoms with E-state index in [9.17, 15) is 9.59 Å². The third kappa shape index (κ3) is 4.31. The Labute approximate surface area is 168 Å². The highest BCUT2D eigenvalue weighted by atomic mass is 16.2. The molecule has 1 aromatic carbocycles. The second kappa shape index (κ2) is 8.22. The minimum absolute atomic E-state index is 0.0262. The molecule has 8 heteroatoms. The van der Waals surface area contributed by atoms with Gasteiger partial charge in [0.2, 0.25) is 5.91 Å². The van der Waals surface area contributed by atoms with Gasteiger partial charge in [-0.1, -0.05) is 12.1 Å². The van der Waals surface area contributed by atoms with Crippen molar-refractivity contribution in [3.63, 3.8) is 0 Å². The maximum atomic E-state index is 12.8. The van der Waals surface area contributed by atoms with Gasteiger partial charge in [0.25, 0.3) is 0 Å². The van der Waals surface area contributed by atoms with E-state index < -0.39 is 0 Å². The maximum absolute atomic E-state index is 12.8. The number of amides is 1. The van der Waals surface area contributed by atoms with Gasteiger partial charge in [0.15, 0.2) is 11.6 Å². The lowest BCUT2D eigenvalue weighted by molar-refractivity contribution is -0.120. The SMILES string of the molecule is CC(=O)c1cccc(NC(=O)[C@H]2CCCN(c3cc(-n4cccn4)ncn3)C2)c1. The normalized spacial score (nSPS) is 16.4. The number of carbonyl (C=O) groups excluding carboxylic acids is 2. The Kier molecular flexibility index (Phi) is 5.33. The van der Waals surface area contributed by atoms with Gasteiger partial charge in [0, 0.05) is 42.8 Å². The van der Waals surface area contributed by atoms with Crippen LogP contribution in [0.4, 0.5) is 11.5 Å². The smallest absolute Gasteiger partial charge is 0.229 e. The van der Waals surface area contributed by atoms with Gasteiger partial charge in [0.05, 0.1) is 5.92 Å². The number of ketones is 1. The van der Waals surface area contributed by atoms with Crippen LogP contribution in [0.2, 0.25) is 0 Å². The molecule has 0 spiro atoms. The molecule has 2 aromatic heterocycles. The monoisotopic (exact) mass is 390 g/mol. The van der Waals surface area contributed by atoms with E-state index in [1.54, 1.807) is 35.1 Å². The lowest BCUT2D eigenvalue weighted by Crippen LogP contribution is -2.41. The summed E-state index contributed by atoms with van der Waals surface area (Å²) in [5.74, 6) is 1.24. The summed E-state index contributed by atoms with van der Waals surface area (Å²) in [6.07, 6.45) is 6.75. The molecule has 3 heterocycles. The second-order valence-electron chi connectivity index (χ2n) is 7.10. The van der Waals surface area contributed by atoms with Crippen LogP contribution in [-0.4, -0.2) is 44.5 Å². The van der Waals surface area contributed by atoms with Gasteiger partial charge in [-0.25, -0.2) is 14.6 Å². The Balaban J connectivity index is 1.46. The average Bonchev–Trinajstić information content (AvgIpc) is 3.29. The largest absolute Gasteiger partial charge is 0.356 e. The molecule has 0 saturated carbocycles. The molecule has 0 unspecified atom stereocenters. The van der Waals surface area contributed by atoms with Crippen LogP contribution < -0.4 is 10.2 Å². The molecule has 1 amide bonds. The topological polar surface area (TPSA) is 93.0 Å². The van der Waals surface area contributed by atoms with Crippen molar-refractivity contribution in [3.05, 3.63) is 60.7 Å². The highest BCUT2D eigenvalue weighted by molar-refractivity contribution is 5.97. The molecule has 0 aliphatic carbocycles. The van der Waals surface area contributed by atoms with E-state index in [0.717, 1.165) is 25.2 Å². The van der Waals surface area contributed by atoms with Crippen LogP contribution in [0.3, 0.4) is 0 Å². The van der Waals surface area contributed by atoms with Gasteiger partial charge in [-0.2, -0.15) is 5.10 Å². The Morgan fingerprint density at radius 3 is 2.79 bits per heavy atom. The van der Waals surface area contributed by atoms with E-state index >= 15 is 0 Å². The zero-order valence-corrected chi connectivity index (χ0v) is 16.2. The minimum Gasteiger partial charge on any atom is -0.356 e. The number of Topliss-reactive ketones (excluding diaryl/α,β-unsaturated/α-hetero) is 1. The summed E-state index contributed by atoms with van der Waals surface area (Å²) in [4.78, 5) is 35.1. The molecular weight excluding hydrogens is 368 g/mol. The first-order chi connectivity index (χ1) is 14.1. The van der Waals surface area contributed by atoms with Gasteiger partial charge >= 0.3 is 0 Å². The zero-order chi connectivity index (χ0) is 20.2. The third-order valence-electron chi connectivity index (χ3n) is 5.03. The van der Waals surface area contributed by atoms with Crippen molar-refractivity contribution in [1.82, 2.24) is 19.7 Å². The van der Waals surface area contributed by atoms with E-state index in [1.807, 2.05) is 18.3 Å². The molecule has 1 N–H and O–H groups in total. The number of nitrogens with zero attached hydrogens (tertiary/aromatic N) is 5. The number of piperidine rings is 1. The Bertz CT molecular complexity index is 1020. The molecule has 3 aromatic rings. The van der Waals surface area contributed by atoms with Crippen LogP contribution in [0, 0.1) is 5.92 Å². The molecule has 29 heavy (non-hydrogen) atoms. The Morgan fingerprint density at radius 1 is 1.14 bits per heavy atom. The minimum atomic E-state index is -0.159. The fraction of sp³-hybridized carbons (Fsp3) is 0.286. The molecule has 1 atom stereocenters. The summed E-state index contributed by atoms with van der Waals surface area (Å²) in [5, 5.41) is 7.15. The highest BCUT2D eigenvalue weighted by Crippen LogP contribution is 2.24. The van der Waals surface area contributed by atoms with E-state index in [2.05, 4.69) is 25.3 Å². The van der Waals surface area contributed by atoms with Crippen LogP contribution >= 0.6 is 0 Å². The summed E-state index contributed by atoms with van der Waals surface area (Å²) in [6, 6.07) is 10.7. The van der Waals surface area contributed by atoms with E-state index in [4.69, 9.17) is 0 Å². The number of anilines is 2. The van der Waals surface area contributed by atoms with Crippen molar-refractivity contribution < 1.29 is 9.59 Å². The summed E-state index contributed by atoms with van der Waals surface area (Å²) >= 11 is 0. The molecule has 1 saturated heterocycles. The summed E-state index contributed by atoms with van der Waals surface area (Å²) in [5.41, 5.74) is 1.23. The van der Waals surface area contributed by atoms with Crippen molar-refractivity contribution in [1.29, 1.82) is 0 Å². The van der Waals surface area contributed by atoms with Crippen LogP contribution in [-0.2, 0) is 4.79 Å². The molecule has 0 bridgehead atoms. The van der Waals surface area contributed by atoms with Crippen LogP contribution in [0.15, 0.2) is 55.1 Å². The quantitative estimate of drug-likeness (QED) is 0.674. The molecule has 4 rings (SSSR count). The number of hydrogen-bond donors (Lipinski definition) is 1. The van der Waals surface area contributed by atoms with Gasteiger partial charge in [-0.05, 0) is 38.0 Å². The van der Waals surface area contributed by atoms with Crippen molar-refractivity contribution in [3.8, 4) is 5.82 Å². The predicted octanol–water partition coefficient (Wildman–Crippen LogP) is 2.72. The molecule has 148 valence electrons. The van der Waals surface area contributed by atoms with Gasteiger partial charge in [0.1, 0.15) is 12.1 Å². The number of rotatable bonds is 5. The van der Waals surface area contributed by atoms with Gasteiger partial charge < -0.3 is 10.2 Å². The Morgan fingerprint density at radius 2 is 2.00 bits per heavy atom. The lowest BCUT2D eigenvalue weighted by atomic mass is 9.97. The first-order valence-electron chi connectivity index (χ1n) is 9.59. The van der Waals surface area contributed by atoms with Gasteiger partial charge in [-0.15, -0.1) is 0 Å². The molecule has 1 fully saturated rings. The number of nitrogens with one attached hydrogen (secondary N) is 1. The molecule has 1 aliphatic heterocycles. The lowest BCUT2D eigenvalue weighted by Gasteiger charge is -2.32. The van der Waals surface area contributed by atoms with E-state index in [-0.39, 0.29) is 17.6 Å². The molecule has 1 aliphatic rings. The Hall–Kier alpha value is -3.55. The summed E-state index contributed by atoms with van der Waals surface area (Å²) in [6.45, 7) is 2.92. The van der Waals surface area contributed by atoms with Gasteiger partial charge in [-0.3, -0.25) is 9.59 Å². The van der Waals surface area contributed by atoms with E-state index in [0.29, 0.717) is 23.6 Å². The molecule has 0 radical (unpaired) electrons. The first kappa shape index (κ1) is 18.8. The average molecular weight is 390 g/mol. The van der Waals surface area contributed by atoms with Crippen molar-refractivity contribution >= 4 is 23.2 Å². The second-order valence-corrected chi connectivity index (χ2v) is 7.10. The number of carbonyl (C=O) groups is 2. The third-order valence-corrected chi connectivity index (χ3v) is 5.03. The summed E-state index contributed by atoms with van der Waals surface area (Å²) < 4.78 is 1.68. The predicted molar refractivity (Wildman–Crippen MR) is 109 cm³/mol. The first-order valence-corrected chi connectivity index (χ1v) is 9.59. The maximum Gasteiger partial charge on any atom is 0.229 e. The number of benzene rings is 1. The van der Waals surface area contributed by atoms with Crippen molar-refractivity contribution in [2.75, 3.05) is 23.3 Å².